The minimum absolute atomic E-state index is 0.178. The molecule has 0 spiro atoms. The SMILES string of the molecule is Cn1c(=O)oc2cc(N/C=C(\C=O)c3nc4cc(Cl)ccc4o3)ccc21. The number of hydrogen-bond acceptors (Lipinski definition) is 6. The molecule has 0 amide bonds. The van der Waals surface area contributed by atoms with Crippen LogP contribution < -0.4 is 11.1 Å². The van der Waals surface area contributed by atoms with Crippen molar-refractivity contribution in [3.63, 3.8) is 0 Å². The van der Waals surface area contributed by atoms with Gasteiger partial charge in [-0.2, -0.15) is 0 Å². The van der Waals surface area contributed by atoms with Gasteiger partial charge in [0.15, 0.2) is 17.5 Å². The van der Waals surface area contributed by atoms with Crippen LogP contribution in [-0.4, -0.2) is 15.8 Å². The zero-order valence-electron chi connectivity index (χ0n) is 13.5. The van der Waals surface area contributed by atoms with Crippen molar-refractivity contribution in [1.29, 1.82) is 0 Å². The number of carbonyl (C=O) groups is 1. The number of allylic oxidation sites excluding steroid dienone is 1. The highest BCUT2D eigenvalue weighted by atomic mass is 35.5. The van der Waals surface area contributed by atoms with E-state index in [4.69, 9.17) is 20.4 Å². The van der Waals surface area contributed by atoms with Crippen LogP contribution in [0.15, 0.2) is 56.2 Å². The Hall–Kier alpha value is -3.32. The number of aromatic nitrogens is 2. The molecule has 0 unspecified atom stereocenters. The number of benzene rings is 2. The molecule has 1 N–H and O–H groups in total. The topological polar surface area (TPSA) is 90.3 Å². The number of nitrogens with one attached hydrogen (secondary N) is 1. The summed E-state index contributed by atoms with van der Waals surface area (Å²) in [6, 6.07) is 10.2. The van der Waals surface area contributed by atoms with E-state index >= 15 is 0 Å². The molecule has 4 aromatic rings. The molecule has 2 heterocycles. The number of hydrogen-bond donors (Lipinski definition) is 1. The Balaban J connectivity index is 1.66. The van der Waals surface area contributed by atoms with Crippen molar-refractivity contribution in [2.75, 3.05) is 5.32 Å². The molecule has 0 atom stereocenters. The van der Waals surface area contributed by atoms with Gasteiger partial charge in [0.2, 0.25) is 5.89 Å². The Morgan fingerprint density at radius 1 is 1.19 bits per heavy atom. The van der Waals surface area contributed by atoms with E-state index in [1.54, 1.807) is 43.4 Å². The van der Waals surface area contributed by atoms with Crippen LogP contribution in [0, 0.1) is 0 Å². The van der Waals surface area contributed by atoms with Crippen molar-refractivity contribution < 1.29 is 13.6 Å². The maximum Gasteiger partial charge on any atom is 0.419 e. The number of anilines is 1. The minimum Gasteiger partial charge on any atom is -0.436 e. The Morgan fingerprint density at radius 2 is 2.04 bits per heavy atom. The zero-order valence-corrected chi connectivity index (χ0v) is 14.3. The molecule has 7 nitrogen and oxygen atoms in total. The molecule has 0 aliphatic carbocycles. The quantitative estimate of drug-likeness (QED) is 0.437. The van der Waals surface area contributed by atoms with Crippen molar-refractivity contribution in [3.05, 3.63) is 64.1 Å². The van der Waals surface area contributed by atoms with E-state index < -0.39 is 5.76 Å². The molecule has 4 rings (SSSR count). The first-order chi connectivity index (χ1) is 12.5. The average Bonchev–Trinajstić information content (AvgIpc) is 3.16. The van der Waals surface area contributed by atoms with Crippen molar-refractivity contribution >= 4 is 51.3 Å². The van der Waals surface area contributed by atoms with Crippen LogP contribution in [-0.2, 0) is 11.8 Å². The maximum absolute atomic E-state index is 11.5. The van der Waals surface area contributed by atoms with Crippen LogP contribution in [0.2, 0.25) is 5.02 Å². The number of aryl methyl sites for hydroxylation is 1. The van der Waals surface area contributed by atoms with Gasteiger partial charge in [-0.15, -0.1) is 0 Å². The van der Waals surface area contributed by atoms with Crippen molar-refractivity contribution in [2.45, 2.75) is 0 Å². The van der Waals surface area contributed by atoms with Gasteiger partial charge in [-0.1, -0.05) is 11.6 Å². The highest BCUT2D eigenvalue weighted by Crippen LogP contribution is 2.24. The molecule has 0 radical (unpaired) electrons. The lowest BCUT2D eigenvalue weighted by Crippen LogP contribution is -2.08. The summed E-state index contributed by atoms with van der Waals surface area (Å²) in [5.41, 5.74) is 3.09. The first-order valence-electron chi connectivity index (χ1n) is 7.63. The third-order valence-corrected chi connectivity index (χ3v) is 4.15. The van der Waals surface area contributed by atoms with Crippen LogP contribution >= 0.6 is 11.6 Å². The number of carbonyl (C=O) groups excluding carboxylic acids is 1. The second-order valence-electron chi connectivity index (χ2n) is 5.60. The molecule has 2 aromatic heterocycles. The molecule has 8 heteroatoms. The molecule has 0 aliphatic rings. The summed E-state index contributed by atoms with van der Waals surface area (Å²) in [4.78, 5) is 27.2. The molecule has 0 bridgehead atoms. The highest BCUT2D eigenvalue weighted by molar-refractivity contribution is 6.31. The van der Waals surface area contributed by atoms with Gasteiger partial charge in [0.25, 0.3) is 0 Å². The molecule has 26 heavy (non-hydrogen) atoms. The van der Waals surface area contributed by atoms with Crippen molar-refractivity contribution in [1.82, 2.24) is 9.55 Å². The van der Waals surface area contributed by atoms with Crippen LogP contribution in [0.3, 0.4) is 0 Å². The van der Waals surface area contributed by atoms with Crippen molar-refractivity contribution in [2.24, 2.45) is 7.05 Å². The monoisotopic (exact) mass is 369 g/mol. The Kier molecular flexibility index (Phi) is 3.85. The fraction of sp³-hybridized carbons (Fsp3) is 0.0556. The number of oxazole rings is 2. The van der Waals surface area contributed by atoms with Crippen LogP contribution in [0.4, 0.5) is 5.69 Å². The van der Waals surface area contributed by atoms with E-state index in [1.165, 1.54) is 10.8 Å². The minimum atomic E-state index is -0.439. The molecular weight excluding hydrogens is 358 g/mol. The Bertz CT molecular complexity index is 1230. The van der Waals surface area contributed by atoms with E-state index in [0.717, 1.165) is 0 Å². The summed E-state index contributed by atoms with van der Waals surface area (Å²) >= 11 is 5.93. The number of fused-ring (bicyclic) bond motifs is 2. The summed E-state index contributed by atoms with van der Waals surface area (Å²) in [6.45, 7) is 0. The molecular formula is C18H12ClN3O4. The van der Waals surface area contributed by atoms with E-state index in [2.05, 4.69) is 10.3 Å². The third kappa shape index (κ3) is 2.78. The average molecular weight is 370 g/mol. The summed E-state index contributed by atoms with van der Waals surface area (Å²) in [5.74, 6) is -0.261. The van der Waals surface area contributed by atoms with Gasteiger partial charge in [0.1, 0.15) is 5.52 Å². The maximum atomic E-state index is 11.5. The fourth-order valence-corrected chi connectivity index (χ4v) is 2.72. The molecule has 0 saturated carbocycles. The molecule has 0 fully saturated rings. The highest BCUT2D eigenvalue weighted by Gasteiger charge is 2.11. The standard InChI is InChI=1S/C18H12ClN3O4/c1-22-14-4-3-12(7-16(14)26-18(22)24)20-8-10(9-23)17-21-13-6-11(19)2-5-15(13)25-17/h2-9,20H,1H3/b10-8+. The van der Waals surface area contributed by atoms with Gasteiger partial charge < -0.3 is 14.2 Å². The first-order valence-corrected chi connectivity index (χ1v) is 8.01. The van der Waals surface area contributed by atoms with Gasteiger partial charge in [0, 0.05) is 30.0 Å². The number of rotatable bonds is 4. The number of aldehydes is 1. The zero-order chi connectivity index (χ0) is 18.3. The second kappa shape index (κ2) is 6.20. The number of nitrogens with zero attached hydrogens (tertiary/aromatic N) is 2. The Labute approximate surface area is 151 Å². The van der Waals surface area contributed by atoms with Crippen LogP contribution in [0.1, 0.15) is 5.89 Å². The number of halogens is 1. The van der Waals surface area contributed by atoms with E-state index in [-0.39, 0.29) is 11.5 Å². The normalized spacial score (nSPS) is 12.0. The lowest BCUT2D eigenvalue weighted by molar-refractivity contribution is -0.103. The van der Waals surface area contributed by atoms with E-state index in [0.29, 0.717) is 39.2 Å². The third-order valence-electron chi connectivity index (χ3n) is 3.91. The van der Waals surface area contributed by atoms with Gasteiger partial charge in [-0.25, -0.2) is 9.78 Å². The van der Waals surface area contributed by atoms with Gasteiger partial charge in [0.05, 0.1) is 11.1 Å². The summed E-state index contributed by atoms with van der Waals surface area (Å²) in [7, 11) is 1.63. The predicted molar refractivity (Wildman–Crippen MR) is 98.1 cm³/mol. The smallest absolute Gasteiger partial charge is 0.419 e. The largest absolute Gasteiger partial charge is 0.436 e. The predicted octanol–water partition coefficient (Wildman–Crippen LogP) is 3.58. The summed E-state index contributed by atoms with van der Waals surface area (Å²) < 4.78 is 12.1. The summed E-state index contributed by atoms with van der Waals surface area (Å²) in [5, 5.41) is 3.51. The molecule has 0 aliphatic heterocycles. The lowest BCUT2D eigenvalue weighted by atomic mass is 10.2. The first kappa shape index (κ1) is 16.2. The van der Waals surface area contributed by atoms with E-state index in [9.17, 15) is 9.59 Å². The Morgan fingerprint density at radius 3 is 2.85 bits per heavy atom. The van der Waals surface area contributed by atoms with Gasteiger partial charge >= 0.3 is 5.76 Å². The second-order valence-corrected chi connectivity index (χ2v) is 6.04. The van der Waals surface area contributed by atoms with Crippen LogP contribution in [0.5, 0.6) is 0 Å². The van der Waals surface area contributed by atoms with Gasteiger partial charge in [-0.05, 0) is 30.3 Å². The summed E-state index contributed by atoms with van der Waals surface area (Å²) in [6.07, 6.45) is 2.11. The molecule has 2 aromatic carbocycles. The van der Waals surface area contributed by atoms with E-state index in [1.807, 2.05) is 0 Å². The molecule has 0 saturated heterocycles. The van der Waals surface area contributed by atoms with Crippen LogP contribution in [0.25, 0.3) is 27.8 Å². The van der Waals surface area contributed by atoms with Gasteiger partial charge in [-0.3, -0.25) is 9.36 Å². The fourth-order valence-electron chi connectivity index (χ4n) is 2.55. The lowest BCUT2D eigenvalue weighted by Gasteiger charge is -2.01. The molecule has 130 valence electrons. The van der Waals surface area contributed by atoms with Crippen molar-refractivity contribution in [3.8, 4) is 0 Å².